The average molecular weight is 297 g/mol. The Morgan fingerprint density at radius 1 is 1.05 bits per heavy atom. The van der Waals surface area contributed by atoms with Crippen molar-refractivity contribution in [3.8, 4) is 0 Å². The lowest BCUT2D eigenvalue weighted by Crippen LogP contribution is -2.01. The van der Waals surface area contributed by atoms with Crippen LogP contribution in [0.3, 0.4) is 0 Å². The smallest absolute Gasteiger partial charge is 0.163 e. The lowest BCUT2D eigenvalue weighted by Gasteiger charge is -2.04. The second-order valence-electron chi connectivity index (χ2n) is 4.17. The van der Waals surface area contributed by atoms with Crippen LogP contribution in [-0.2, 0) is 6.42 Å². The number of Topliss-reactive ketones (excluding diaryl/α,β-unsaturated/α-hetero) is 1. The maximum Gasteiger partial charge on any atom is 0.163 e. The molecule has 0 aromatic heterocycles. The Labute approximate surface area is 121 Å². The van der Waals surface area contributed by atoms with Crippen molar-refractivity contribution in [2.45, 2.75) is 12.8 Å². The number of aryl methyl sites for hydroxylation is 1. The quantitative estimate of drug-likeness (QED) is 0.730. The third-order valence-corrected chi connectivity index (χ3v) is 3.39. The van der Waals surface area contributed by atoms with Gasteiger partial charge in [-0.15, -0.1) is 0 Å². The Morgan fingerprint density at radius 3 is 2.37 bits per heavy atom. The molecule has 0 aliphatic rings. The summed E-state index contributed by atoms with van der Waals surface area (Å²) in [5.41, 5.74) is 1.38. The predicted octanol–water partition coefficient (Wildman–Crippen LogP) is 4.95. The fraction of sp³-hybridized carbons (Fsp3) is 0.133. The van der Waals surface area contributed by atoms with E-state index in [4.69, 9.17) is 23.2 Å². The number of rotatable bonds is 4. The number of carbonyl (C=O) groups is 1. The van der Waals surface area contributed by atoms with E-state index in [0.29, 0.717) is 28.5 Å². The molecule has 0 aliphatic carbocycles. The van der Waals surface area contributed by atoms with Gasteiger partial charge in [0.05, 0.1) is 0 Å². The first kappa shape index (κ1) is 14.0. The van der Waals surface area contributed by atoms with Crippen LogP contribution >= 0.6 is 23.2 Å². The Balaban J connectivity index is 2.02. The van der Waals surface area contributed by atoms with Gasteiger partial charge >= 0.3 is 0 Å². The minimum atomic E-state index is -0.350. The van der Waals surface area contributed by atoms with Crippen molar-refractivity contribution in [2.24, 2.45) is 0 Å². The minimum absolute atomic E-state index is 0.0361. The first-order valence-electron chi connectivity index (χ1n) is 5.79. The predicted molar refractivity (Wildman–Crippen MR) is 75.5 cm³/mol. The largest absolute Gasteiger partial charge is 0.294 e. The standard InChI is InChI=1S/C15H11Cl2FO/c16-12-5-1-10(14(17)9-12)4-8-15(19)11-2-6-13(18)7-3-11/h1-3,5-7,9H,4,8H2. The van der Waals surface area contributed by atoms with Gasteiger partial charge in [-0.1, -0.05) is 29.3 Å². The molecule has 0 fully saturated rings. The van der Waals surface area contributed by atoms with Crippen molar-refractivity contribution in [1.82, 2.24) is 0 Å². The van der Waals surface area contributed by atoms with Crippen LogP contribution in [0.15, 0.2) is 42.5 Å². The van der Waals surface area contributed by atoms with Crippen LogP contribution in [-0.4, -0.2) is 5.78 Å². The van der Waals surface area contributed by atoms with Crippen LogP contribution in [0.5, 0.6) is 0 Å². The fourth-order valence-corrected chi connectivity index (χ4v) is 2.26. The van der Waals surface area contributed by atoms with Crippen molar-refractivity contribution in [2.75, 3.05) is 0 Å². The lowest BCUT2D eigenvalue weighted by atomic mass is 10.0. The number of hydrogen-bond acceptors (Lipinski definition) is 1. The summed E-state index contributed by atoms with van der Waals surface area (Å²) in [6, 6.07) is 10.7. The summed E-state index contributed by atoms with van der Waals surface area (Å²) < 4.78 is 12.8. The van der Waals surface area contributed by atoms with E-state index in [0.717, 1.165) is 5.56 Å². The van der Waals surface area contributed by atoms with Crippen molar-refractivity contribution in [3.63, 3.8) is 0 Å². The summed E-state index contributed by atoms with van der Waals surface area (Å²) in [6.07, 6.45) is 0.860. The van der Waals surface area contributed by atoms with Gasteiger partial charge in [-0.25, -0.2) is 4.39 Å². The third-order valence-electron chi connectivity index (χ3n) is 2.80. The van der Waals surface area contributed by atoms with Gasteiger partial charge in [0.15, 0.2) is 5.78 Å². The Bertz CT molecular complexity index is 594. The highest BCUT2D eigenvalue weighted by Crippen LogP contribution is 2.22. The molecule has 0 heterocycles. The van der Waals surface area contributed by atoms with Crippen molar-refractivity contribution in [1.29, 1.82) is 0 Å². The van der Waals surface area contributed by atoms with Gasteiger partial charge < -0.3 is 0 Å². The summed E-state index contributed by atoms with van der Waals surface area (Å²) in [7, 11) is 0. The summed E-state index contributed by atoms with van der Waals surface area (Å²) in [5.74, 6) is -0.386. The summed E-state index contributed by atoms with van der Waals surface area (Å²) in [4.78, 5) is 11.9. The van der Waals surface area contributed by atoms with E-state index in [1.165, 1.54) is 24.3 Å². The van der Waals surface area contributed by atoms with Crippen LogP contribution in [0.1, 0.15) is 22.3 Å². The number of halogens is 3. The van der Waals surface area contributed by atoms with Gasteiger partial charge in [-0.05, 0) is 48.4 Å². The molecule has 0 radical (unpaired) electrons. The van der Waals surface area contributed by atoms with Crippen molar-refractivity contribution >= 4 is 29.0 Å². The van der Waals surface area contributed by atoms with E-state index in [-0.39, 0.29) is 11.6 Å². The number of hydrogen-bond donors (Lipinski definition) is 0. The van der Waals surface area contributed by atoms with E-state index < -0.39 is 0 Å². The van der Waals surface area contributed by atoms with Crippen molar-refractivity contribution in [3.05, 3.63) is 69.5 Å². The van der Waals surface area contributed by atoms with Gasteiger partial charge in [0.1, 0.15) is 5.82 Å². The highest BCUT2D eigenvalue weighted by Gasteiger charge is 2.08. The topological polar surface area (TPSA) is 17.1 Å². The molecule has 0 bridgehead atoms. The molecule has 0 unspecified atom stereocenters. The fourth-order valence-electron chi connectivity index (χ4n) is 1.75. The van der Waals surface area contributed by atoms with Gasteiger partial charge in [0.25, 0.3) is 0 Å². The zero-order valence-corrected chi connectivity index (χ0v) is 11.5. The monoisotopic (exact) mass is 296 g/mol. The molecule has 0 amide bonds. The molecular weight excluding hydrogens is 286 g/mol. The van der Waals surface area contributed by atoms with Crippen LogP contribution in [0, 0.1) is 5.82 Å². The SMILES string of the molecule is O=C(CCc1ccc(Cl)cc1Cl)c1ccc(F)cc1. The molecule has 0 N–H and O–H groups in total. The molecule has 19 heavy (non-hydrogen) atoms. The van der Waals surface area contributed by atoms with Gasteiger partial charge in [-0.2, -0.15) is 0 Å². The second kappa shape index (κ2) is 6.18. The maximum atomic E-state index is 12.8. The average Bonchev–Trinajstić information content (AvgIpc) is 2.38. The third kappa shape index (κ3) is 3.79. The molecular formula is C15H11Cl2FO. The zero-order valence-electron chi connectivity index (χ0n) is 10.00. The first-order valence-corrected chi connectivity index (χ1v) is 6.54. The normalized spacial score (nSPS) is 10.5. The highest BCUT2D eigenvalue weighted by atomic mass is 35.5. The zero-order chi connectivity index (χ0) is 13.8. The van der Waals surface area contributed by atoms with Crippen LogP contribution < -0.4 is 0 Å². The first-order chi connectivity index (χ1) is 9.06. The van der Waals surface area contributed by atoms with E-state index >= 15 is 0 Å². The Kier molecular flexibility index (Phi) is 4.56. The molecule has 0 atom stereocenters. The number of ketones is 1. The minimum Gasteiger partial charge on any atom is -0.294 e. The second-order valence-corrected chi connectivity index (χ2v) is 5.01. The molecule has 4 heteroatoms. The Morgan fingerprint density at radius 2 is 1.74 bits per heavy atom. The van der Waals surface area contributed by atoms with Gasteiger partial charge in [0.2, 0.25) is 0 Å². The van der Waals surface area contributed by atoms with E-state index in [1.54, 1.807) is 12.1 Å². The molecule has 0 spiro atoms. The molecule has 2 aromatic carbocycles. The summed E-state index contributed by atoms with van der Waals surface area (Å²) >= 11 is 11.8. The van der Waals surface area contributed by atoms with Crippen LogP contribution in [0.25, 0.3) is 0 Å². The molecule has 2 aromatic rings. The lowest BCUT2D eigenvalue weighted by molar-refractivity contribution is 0.0983. The Hall–Kier alpha value is -1.38. The van der Waals surface area contributed by atoms with Crippen LogP contribution in [0.4, 0.5) is 4.39 Å². The van der Waals surface area contributed by atoms with Crippen molar-refractivity contribution < 1.29 is 9.18 Å². The molecule has 98 valence electrons. The van der Waals surface area contributed by atoms with Gasteiger partial charge in [0, 0.05) is 22.0 Å². The van der Waals surface area contributed by atoms with Gasteiger partial charge in [-0.3, -0.25) is 4.79 Å². The molecule has 2 rings (SSSR count). The maximum absolute atomic E-state index is 12.8. The summed E-state index contributed by atoms with van der Waals surface area (Å²) in [6.45, 7) is 0. The number of benzene rings is 2. The van der Waals surface area contributed by atoms with E-state index in [2.05, 4.69) is 0 Å². The van der Waals surface area contributed by atoms with E-state index in [9.17, 15) is 9.18 Å². The van der Waals surface area contributed by atoms with E-state index in [1.807, 2.05) is 6.07 Å². The molecule has 0 saturated heterocycles. The molecule has 0 aliphatic heterocycles. The summed E-state index contributed by atoms with van der Waals surface area (Å²) in [5, 5.41) is 1.12. The molecule has 0 saturated carbocycles. The molecule has 1 nitrogen and oxygen atoms in total. The van der Waals surface area contributed by atoms with Crippen LogP contribution in [0.2, 0.25) is 10.0 Å². The number of carbonyl (C=O) groups excluding carboxylic acids is 1. The highest BCUT2D eigenvalue weighted by molar-refractivity contribution is 6.35.